The Morgan fingerprint density at radius 1 is 0.900 bits per heavy atom. The van der Waals surface area contributed by atoms with Crippen molar-refractivity contribution in [2.75, 3.05) is 32.7 Å². The zero-order valence-electron chi connectivity index (χ0n) is 29.3. The number of benzene rings is 3. The van der Waals surface area contributed by atoms with E-state index in [4.69, 9.17) is 9.84 Å². The van der Waals surface area contributed by atoms with Crippen LogP contribution in [-0.2, 0) is 17.8 Å². The molecule has 3 aromatic carbocycles. The minimum atomic E-state index is -0.697. The molecule has 7 nitrogen and oxygen atoms in total. The lowest BCUT2D eigenvalue weighted by Gasteiger charge is -2.35. The van der Waals surface area contributed by atoms with Gasteiger partial charge in [-0.3, -0.25) is 14.4 Å². The second-order valence-electron chi connectivity index (χ2n) is 14.7. The molecule has 2 aliphatic heterocycles. The Balaban J connectivity index is 0.988. The number of hydrogen-bond donors (Lipinski definition) is 1. The van der Waals surface area contributed by atoms with E-state index in [1.54, 1.807) is 12.1 Å². The van der Waals surface area contributed by atoms with E-state index in [2.05, 4.69) is 39.6 Å². The molecule has 0 bridgehead atoms. The molecule has 7 rings (SSSR count). The Bertz CT molecular complexity index is 1700. The van der Waals surface area contributed by atoms with E-state index in [0.717, 1.165) is 100 Å². The Morgan fingerprint density at radius 2 is 1.64 bits per heavy atom. The van der Waals surface area contributed by atoms with Gasteiger partial charge >= 0.3 is 5.97 Å². The molecule has 0 spiro atoms. The zero-order chi connectivity index (χ0) is 34.5. The van der Waals surface area contributed by atoms with Crippen molar-refractivity contribution in [3.8, 4) is 11.5 Å². The Kier molecular flexibility index (Phi) is 11.0. The number of aliphatic carboxylic acids is 1. The number of rotatable bonds is 12. The lowest BCUT2D eigenvalue weighted by molar-refractivity contribution is -0.145. The number of likely N-dealkylation sites (tertiary alicyclic amines) is 2. The van der Waals surface area contributed by atoms with E-state index in [-0.39, 0.29) is 23.6 Å². The summed E-state index contributed by atoms with van der Waals surface area (Å²) in [4.78, 5) is 17.5. The van der Waals surface area contributed by atoms with Crippen LogP contribution in [0.3, 0.4) is 0 Å². The van der Waals surface area contributed by atoms with Crippen molar-refractivity contribution in [3.05, 3.63) is 113 Å². The highest BCUT2D eigenvalue weighted by Crippen LogP contribution is 2.39. The molecular formula is C42H51FN4O3. The summed E-state index contributed by atoms with van der Waals surface area (Å²) < 4.78 is 22.6. The summed E-state index contributed by atoms with van der Waals surface area (Å²) in [6, 6.07) is 27.0. The number of piperidine rings is 1. The largest absolute Gasteiger partial charge is 0.480 e. The van der Waals surface area contributed by atoms with Crippen LogP contribution in [0.15, 0.2) is 84.9 Å². The molecule has 0 unspecified atom stereocenters. The van der Waals surface area contributed by atoms with E-state index in [0.29, 0.717) is 12.5 Å². The second-order valence-corrected chi connectivity index (χ2v) is 14.7. The lowest BCUT2D eigenvalue weighted by Crippen LogP contribution is -2.46. The first-order valence-corrected chi connectivity index (χ1v) is 18.8. The standard InChI is InChI=1S/C42H51FN4O3/c1-2-47-40(26-36(44-47)24-30-16-18-38(19-17-30)50-37-14-7-4-8-15-37)31-20-22-45(23-21-31)27-34-28-46(29-39(34)33-12-9-13-35(43)25-33)41(42(48)49)32-10-5-3-6-11-32/h4,7-9,12-19,25-26,31-32,34,39,41H,2-3,5-6,10-11,20-24,27-29H2,1H3,(H,48,49)/t34-,39+,41+/m0/s1. The fourth-order valence-corrected chi connectivity index (χ4v) is 8.94. The van der Waals surface area contributed by atoms with Gasteiger partial charge in [-0.1, -0.05) is 61.7 Å². The summed E-state index contributed by atoms with van der Waals surface area (Å²) in [6.45, 7) is 7.34. The van der Waals surface area contributed by atoms with Gasteiger partial charge in [0.05, 0.1) is 5.69 Å². The molecule has 3 atom stereocenters. The fraction of sp³-hybridized carbons (Fsp3) is 0.476. The molecule has 3 fully saturated rings. The Hall–Kier alpha value is -4.01. The molecule has 1 saturated carbocycles. The van der Waals surface area contributed by atoms with Gasteiger partial charge in [-0.2, -0.15) is 5.10 Å². The third-order valence-electron chi connectivity index (χ3n) is 11.4. The van der Waals surface area contributed by atoms with Crippen molar-refractivity contribution in [2.24, 2.45) is 11.8 Å². The number of halogens is 1. The van der Waals surface area contributed by atoms with Gasteiger partial charge in [-0.25, -0.2) is 4.39 Å². The van der Waals surface area contributed by atoms with Crippen molar-refractivity contribution in [1.29, 1.82) is 0 Å². The quantitative estimate of drug-likeness (QED) is 0.162. The zero-order valence-corrected chi connectivity index (χ0v) is 29.3. The van der Waals surface area contributed by atoms with Crippen LogP contribution >= 0.6 is 0 Å². The number of aryl methyl sites for hydroxylation is 1. The number of nitrogens with zero attached hydrogens (tertiary/aromatic N) is 4. The molecule has 50 heavy (non-hydrogen) atoms. The molecule has 3 heterocycles. The van der Waals surface area contributed by atoms with Crippen LogP contribution in [0, 0.1) is 17.7 Å². The maximum atomic E-state index is 14.4. The van der Waals surface area contributed by atoms with Gasteiger partial charge < -0.3 is 14.7 Å². The number of para-hydroxylation sites is 1. The molecule has 0 amide bonds. The molecule has 4 aromatic rings. The summed E-state index contributed by atoms with van der Waals surface area (Å²) in [5.41, 5.74) is 4.63. The third kappa shape index (κ3) is 8.13. The highest BCUT2D eigenvalue weighted by atomic mass is 19.1. The van der Waals surface area contributed by atoms with Crippen LogP contribution in [-0.4, -0.2) is 69.4 Å². The molecule has 2 saturated heterocycles. The SMILES string of the molecule is CCn1nc(Cc2ccc(Oc3ccccc3)cc2)cc1C1CCN(C[C@H]2CN([C@@H](C(=O)O)C3CCCCC3)C[C@@H]2c2cccc(F)c2)CC1. The molecule has 1 aromatic heterocycles. The Labute approximate surface area is 296 Å². The average molecular weight is 679 g/mol. The molecule has 8 heteroatoms. The average Bonchev–Trinajstić information content (AvgIpc) is 3.74. The first kappa shape index (κ1) is 34.4. The van der Waals surface area contributed by atoms with Crippen molar-refractivity contribution in [2.45, 2.75) is 82.7 Å². The van der Waals surface area contributed by atoms with Crippen LogP contribution in [0.25, 0.3) is 0 Å². The van der Waals surface area contributed by atoms with Crippen LogP contribution < -0.4 is 4.74 Å². The van der Waals surface area contributed by atoms with E-state index < -0.39 is 12.0 Å². The second kappa shape index (κ2) is 15.9. The van der Waals surface area contributed by atoms with Gasteiger partial charge in [0, 0.05) is 50.1 Å². The lowest BCUT2D eigenvalue weighted by atomic mass is 9.83. The van der Waals surface area contributed by atoms with Gasteiger partial charge in [0.1, 0.15) is 23.4 Å². The van der Waals surface area contributed by atoms with E-state index in [1.807, 2.05) is 48.5 Å². The van der Waals surface area contributed by atoms with Crippen LogP contribution in [0.1, 0.15) is 86.2 Å². The minimum absolute atomic E-state index is 0.122. The van der Waals surface area contributed by atoms with Gasteiger partial charge in [-0.15, -0.1) is 0 Å². The van der Waals surface area contributed by atoms with Crippen molar-refractivity contribution >= 4 is 5.97 Å². The van der Waals surface area contributed by atoms with Gasteiger partial charge in [-0.05, 0) is 111 Å². The number of ether oxygens (including phenoxy) is 1. The molecule has 0 radical (unpaired) electrons. The summed E-state index contributed by atoms with van der Waals surface area (Å²) >= 11 is 0. The molecule has 264 valence electrons. The smallest absolute Gasteiger partial charge is 0.321 e. The van der Waals surface area contributed by atoms with Gasteiger partial charge in [0.2, 0.25) is 0 Å². The highest BCUT2D eigenvalue weighted by molar-refractivity contribution is 5.74. The van der Waals surface area contributed by atoms with Crippen LogP contribution in [0.5, 0.6) is 11.5 Å². The van der Waals surface area contributed by atoms with E-state index in [1.165, 1.54) is 23.7 Å². The minimum Gasteiger partial charge on any atom is -0.480 e. The first-order chi connectivity index (χ1) is 24.4. The summed E-state index contributed by atoms with van der Waals surface area (Å²) in [7, 11) is 0. The monoisotopic (exact) mass is 678 g/mol. The van der Waals surface area contributed by atoms with E-state index in [9.17, 15) is 14.3 Å². The van der Waals surface area contributed by atoms with Crippen molar-refractivity contribution < 1.29 is 19.0 Å². The third-order valence-corrected chi connectivity index (χ3v) is 11.4. The predicted octanol–water partition coefficient (Wildman–Crippen LogP) is 8.35. The van der Waals surface area contributed by atoms with Crippen molar-refractivity contribution in [3.63, 3.8) is 0 Å². The number of carboxylic acid groups (broad SMARTS) is 1. The molecule has 1 N–H and O–H groups in total. The van der Waals surface area contributed by atoms with Gasteiger partial charge in [0.15, 0.2) is 0 Å². The number of carbonyl (C=O) groups is 1. The fourth-order valence-electron chi connectivity index (χ4n) is 8.94. The first-order valence-electron chi connectivity index (χ1n) is 18.8. The highest BCUT2D eigenvalue weighted by Gasteiger charge is 2.43. The number of hydrogen-bond acceptors (Lipinski definition) is 5. The van der Waals surface area contributed by atoms with Crippen LogP contribution in [0.4, 0.5) is 4.39 Å². The summed E-state index contributed by atoms with van der Waals surface area (Å²) in [5.74, 6) is 1.77. The summed E-state index contributed by atoms with van der Waals surface area (Å²) in [6.07, 6.45) is 8.32. The Morgan fingerprint density at radius 3 is 2.34 bits per heavy atom. The number of aromatic nitrogens is 2. The molecular weight excluding hydrogens is 627 g/mol. The molecule has 3 aliphatic rings. The van der Waals surface area contributed by atoms with E-state index >= 15 is 0 Å². The van der Waals surface area contributed by atoms with Crippen LogP contribution in [0.2, 0.25) is 0 Å². The van der Waals surface area contributed by atoms with Gasteiger partial charge in [0.25, 0.3) is 0 Å². The normalized spacial score (nSPS) is 21.7. The maximum absolute atomic E-state index is 14.4. The number of carboxylic acids is 1. The predicted molar refractivity (Wildman–Crippen MR) is 194 cm³/mol. The summed E-state index contributed by atoms with van der Waals surface area (Å²) in [5, 5.41) is 15.4. The topological polar surface area (TPSA) is 70.8 Å². The van der Waals surface area contributed by atoms with Crippen molar-refractivity contribution in [1.82, 2.24) is 19.6 Å². The maximum Gasteiger partial charge on any atom is 0.321 e. The molecule has 1 aliphatic carbocycles.